The van der Waals surface area contributed by atoms with Gasteiger partial charge in [-0.15, -0.1) is 0 Å². The summed E-state index contributed by atoms with van der Waals surface area (Å²) >= 11 is 0. The highest BCUT2D eigenvalue weighted by atomic mass is 15.3. The summed E-state index contributed by atoms with van der Waals surface area (Å²) in [6.45, 7) is 6.00. The van der Waals surface area contributed by atoms with Crippen LogP contribution < -0.4 is 5.73 Å². The maximum absolute atomic E-state index is 5.99. The molecule has 0 radical (unpaired) electrons. The van der Waals surface area contributed by atoms with Crippen molar-refractivity contribution in [3.63, 3.8) is 0 Å². The molecule has 0 aliphatic heterocycles. The Morgan fingerprint density at radius 2 is 2.12 bits per heavy atom. The first-order valence-electron chi connectivity index (χ1n) is 6.42. The van der Waals surface area contributed by atoms with Gasteiger partial charge in [-0.05, 0) is 51.1 Å². The Morgan fingerprint density at radius 3 is 2.69 bits per heavy atom. The number of nitrogens with zero attached hydrogens (tertiary/aromatic N) is 2. The van der Waals surface area contributed by atoms with E-state index in [4.69, 9.17) is 5.73 Å². The fourth-order valence-electron chi connectivity index (χ4n) is 2.98. The lowest BCUT2D eigenvalue weighted by molar-refractivity contribution is 0.297. The Labute approximate surface area is 98.0 Å². The van der Waals surface area contributed by atoms with Gasteiger partial charge < -0.3 is 5.73 Å². The van der Waals surface area contributed by atoms with Gasteiger partial charge in [0.25, 0.3) is 0 Å². The van der Waals surface area contributed by atoms with Crippen LogP contribution in [0.15, 0.2) is 6.07 Å². The molecule has 1 aliphatic rings. The molecule has 3 heteroatoms. The van der Waals surface area contributed by atoms with Crippen molar-refractivity contribution < 1.29 is 0 Å². The van der Waals surface area contributed by atoms with Crippen molar-refractivity contribution in [1.29, 1.82) is 0 Å². The van der Waals surface area contributed by atoms with Gasteiger partial charge in [0.1, 0.15) is 0 Å². The highest BCUT2D eigenvalue weighted by Gasteiger charge is 2.33. The second kappa shape index (κ2) is 4.58. The molecule has 0 atom stereocenters. The fraction of sp³-hybridized carbons (Fsp3) is 0.769. The highest BCUT2D eigenvalue weighted by molar-refractivity contribution is 5.12. The summed E-state index contributed by atoms with van der Waals surface area (Å²) in [4.78, 5) is 0. The van der Waals surface area contributed by atoms with Crippen molar-refractivity contribution in [1.82, 2.24) is 9.78 Å². The fourth-order valence-corrected chi connectivity index (χ4v) is 2.98. The van der Waals surface area contributed by atoms with Gasteiger partial charge in [-0.25, -0.2) is 0 Å². The van der Waals surface area contributed by atoms with Crippen molar-refractivity contribution in [2.45, 2.75) is 52.5 Å². The summed E-state index contributed by atoms with van der Waals surface area (Å²) in [5.74, 6) is 0. The number of nitrogens with two attached hydrogens (primary N) is 1. The second-order valence-corrected chi connectivity index (χ2v) is 5.18. The molecular weight excluding hydrogens is 198 g/mol. The number of aryl methyl sites for hydroxylation is 2. The van der Waals surface area contributed by atoms with Crippen molar-refractivity contribution in [2.24, 2.45) is 11.1 Å². The van der Waals surface area contributed by atoms with Gasteiger partial charge in [0, 0.05) is 12.2 Å². The van der Waals surface area contributed by atoms with Crippen molar-refractivity contribution in [2.75, 3.05) is 6.54 Å². The molecule has 2 rings (SSSR count). The lowest BCUT2D eigenvalue weighted by atomic mass is 9.81. The Kier molecular flexibility index (Phi) is 3.33. The molecule has 16 heavy (non-hydrogen) atoms. The quantitative estimate of drug-likeness (QED) is 0.847. The first kappa shape index (κ1) is 11.6. The minimum atomic E-state index is 0.361. The van der Waals surface area contributed by atoms with Crippen molar-refractivity contribution in [3.05, 3.63) is 17.5 Å². The lowest BCUT2D eigenvalue weighted by Crippen LogP contribution is -2.30. The summed E-state index contributed by atoms with van der Waals surface area (Å²) < 4.78 is 2.13. The van der Waals surface area contributed by atoms with Gasteiger partial charge in [-0.2, -0.15) is 5.10 Å². The van der Waals surface area contributed by atoms with E-state index in [2.05, 4.69) is 29.7 Å². The minimum absolute atomic E-state index is 0.361. The van der Waals surface area contributed by atoms with E-state index < -0.39 is 0 Å². The molecular formula is C13H23N3. The molecule has 0 aromatic carbocycles. The van der Waals surface area contributed by atoms with Crippen molar-refractivity contribution in [3.8, 4) is 0 Å². The molecule has 1 saturated carbocycles. The molecule has 0 bridgehead atoms. The van der Waals surface area contributed by atoms with Crippen LogP contribution in [0.5, 0.6) is 0 Å². The second-order valence-electron chi connectivity index (χ2n) is 5.18. The number of rotatable bonds is 4. The monoisotopic (exact) mass is 221 g/mol. The zero-order chi connectivity index (χ0) is 11.6. The number of aromatic nitrogens is 2. The lowest BCUT2D eigenvalue weighted by Gasteiger charge is -2.27. The van der Waals surface area contributed by atoms with Crippen LogP contribution in [-0.2, 0) is 13.0 Å². The molecule has 1 fully saturated rings. The third-order valence-electron chi connectivity index (χ3n) is 3.94. The van der Waals surface area contributed by atoms with Crippen LogP contribution in [0, 0.1) is 12.3 Å². The molecule has 3 nitrogen and oxygen atoms in total. The zero-order valence-corrected chi connectivity index (χ0v) is 10.5. The normalized spacial score (nSPS) is 19.2. The maximum Gasteiger partial charge on any atom is 0.0596 e. The molecule has 1 heterocycles. The molecule has 0 unspecified atom stereocenters. The van der Waals surface area contributed by atoms with Gasteiger partial charge in [0.05, 0.1) is 5.69 Å². The third kappa shape index (κ3) is 2.14. The van der Waals surface area contributed by atoms with E-state index in [1.54, 1.807) is 0 Å². The molecule has 90 valence electrons. The van der Waals surface area contributed by atoms with Gasteiger partial charge >= 0.3 is 0 Å². The highest BCUT2D eigenvalue weighted by Crippen LogP contribution is 2.40. The van der Waals surface area contributed by atoms with E-state index in [1.165, 1.54) is 31.4 Å². The van der Waals surface area contributed by atoms with Gasteiger partial charge in [-0.1, -0.05) is 12.8 Å². The summed E-state index contributed by atoms with van der Waals surface area (Å²) in [5.41, 5.74) is 8.84. The minimum Gasteiger partial charge on any atom is -0.330 e. The molecule has 0 saturated heterocycles. The number of hydrogen-bond acceptors (Lipinski definition) is 2. The van der Waals surface area contributed by atoms with Crippen LogP contribution in [0.25, 0.3) is 0 Å². The summed E-state index contributed by atoms with van der Waals surface area (Å²) in [6.07, 6.45) is 6.37. The SMILES string of the molecule is CCn1nc(C)cc1CC1(CN)CCCC1. The smallest absolute Gasteiger partial charge is 0.0596 e. The average Bonchev–Trinajstić information content (AvgIpc) is 2.86. The maximum atomic E-state index is 5.99. The molecule has 2 N–H and O–H groups in total. The predicted octanol–water partition coefficient (Wildman–Crippen LogP) is 2.27. The number of hydrogen-bond donors (Lipinski definition) is 1. The topological polar surface area (TPSA) is 43.8 Å². The Morgan fingerprint density at radius 1 is 1.44 bits per heavy atom. The van der Waals surface area contributed by atoms with Gasteiger partial charge in [-0.3, -0.25) is 4.68 Å². The van der Waals surface area contributed by atoms with E-state index in [9.17, 15) is 0 Å². The van der Waals surface area contributed by atoms with Crippen LogP contribution in [0.1, 0.15) is 44.0 Å². The van der Waals surface area contributed by atoms with E-state index in [0.717, 1.165) is 25.2 Å². The van der Waals surface area contributed by atoms with E-state index >= 15 is 0 Å². The molecule has 1 aliphatic carbocycles. The van der Waals surface area contributed by atoms with E-state index in [0.29, 0.717) is 5.41 Å². The molecule has 1 aromatic rings. The Hall–Kier alpha value is -0.830. The van der Waals surface area contributed by atoms with Crippen LogP contribution in [0.2, 0.25) is 0 Å². The summed E-state index contributed by atoms with van der Waals surface area (Å²) in [5, 5.41) is 4.51. The first-order valence-corrected chi connectivity index (χ1v) is 6.42. The zero-order valence-electron chi connectivity index (χ0n) is 10.5. The van der Waals surface area contributed by atoms with Crippen LogP contribution in [0.4, 0.5) is 0 Å². The molecule has 0 amide bonds. The molecule has 0 spiro atoms. The van der Waals surface area contributed by atoms with Gasteiger partial charge in [0.15, 0.2) is 0 Å². The summed E-state index contributed by atoms with van der Waals surface area (Å²) in [6, 6.07) is 2.22. The Balaban J connectivity index is 2.18. The first-order chi connectivity index (χ1) is 7.69. The standard InChI is InChI=1S/C13H23N3/c1-3-16-12(8-11(2)15-16)9-13(10-14)6-4-5-7-13/h8H,3-7,9-10,14H2,1-2H3. The summed E-state index contributed by atoms with van der Waals surface area (Å²) in [7, 11) is 0. The van der Waals surface area contributed by atoms with Crippen LogP contribution in [0.3, 0.4) is 0 Å². The van der Waals surface area contributed by atoms with Crippen molar-refractivity contribution >= 4 is 0 Å². The third-order valence-corrected chi connectivity index (χ3v) is 3.94. The van der Waals surface area contributed by atoms with E-state index in [-0.39, 0.29) is 0 Å². The van der Waals surface area contributed by atoms with Crippen LogP contribution >= 0.6 is 0 Å². The van der Waals surface area contributed by atoms with Gasteiger partial charge in [0.2, 0.25) is 0 Å². The van der Waals surface area contributed by atoms with Crippen LogP contribution in [-0.4, -0.2) is 16.3 Å². The average molecular weight is 221 g/mol. The van der Waals surface area contributed by atoms with E-state index in [1.807, 2.05) is 0 Å². The molecule has 1 aromatic heterocycles. The predicted molar refractivity (Wildman–Crippen MR) is 66.3 cm³/mol. The largest absolute Gasteiger partial charge is 0.330 e. The Bertz CT molecular complexity index is 348.